The Morgan fingerprint density at radius 2 is 1.88 bits per heavy atom. The van der Waals surface area contributed by atoms with Gasteiger partial charge in [0.05, 0.1) is 15.6 Å². The number of halogens is 5. The largest absolute Gasteiger partial charge is 0.471 e. The maximum atomic E-state index is 12.5. The number of aromatic amines is 1. The molecule has 3 aromatic rings. The van der Waals surface area contributed by atoms with Crippen LogP contribution in [0.1, 0.15) is 11.3 Å². The molecule has 3 N–H and O–H groups in total. The van der Waals surface area contributed by atoms with E-state index >= 15 is 0 Å². The minimum atomic E-state index is -4.99. The lowest BCUT2D eigenvalue weighted by Crippen LogP contribution is -2.37. The number of alkyl halides is 3. The van der Waals surface area contributed by atoms with Gasteiger partial charge in [0.25, 0.3) is 0 Å². The Kier molecular flexibility index (Phi) is 5.83. The second-order valence-corrected chi connectivity index (χ2v) is 8.09. The molecular formula is C21H16Cl2F3N3O3. The number of benzene rings is 2. The Balaban J connectivity index is 1.78. The zero-order valence-electron chi connectivity index (χ0n) is 16.3. The third-order valence-electron chi connectivity index (χ3n) is 5.34. The predicted octanol–water partition coefficient (Wildman–Crippen LogP) is 4.52. The topological polar surface area (TPSA) is 85.4 Å². The van der Waals surface area contributed by atoms with E-state index in [0.29, 0.717) is 34.6 Å². The fraction of sp³-hybridized carbons (Fsp3) is 0.238. The van der Waals surface area contributed by atoms with Gasteiger partial charge in [-0.15, -0.1) is 0 Å². The third kappa shape index (κ3) is 4.03. The summed E-state index contributed by atoms with van der Waals surface area (Å²) in [5, 5.41) is 12.3. The maximum absolute atomic E-state index is 12.5. The summed E-state index contributed by atoms with van der Waals surface area (Å²) in [5.41, 5.74) is 3.59. The first kappa shape index (κ1) is 22.4. The summed E-state index contributed by atoms with van der Waals surface area (Å²) in [6, 6.07) is 7.48. The van der Waals surface area contributed by atoms with Gasteiger partial charge in [0.15, 0.2) is 0 Å². The molecule has 1 aliphatic rings. The lowest BCUT2D eigenvalue weighted by molar-refractivity contribution is -0.167. The molecule has 11 heteroatoms. The van der Waals surface area contributed by atoms with Crippen LogP contribution in [0.2, 0.25) is 10.0 Å². The quantitative estimate of drug-likeness (QED) is 0.509. The first-order valence-corrected chi connectivity index (χ1v) is 10.2. The van der Waals surface area contributed by atoms with Gasteiger partial charge in [0, 0.05) is 41.8 Å². The van der Waals surface area contributed by atoms with Gasteiger partial charge < -0.3 is 20.3 Å². The van der Waals surface area contributed by atoms with Gasteiger partial charge in [-0.05, 0) is 29.3 Å². The number of nitrogens with one attached hydrogen (secondary N) is 2. The summed E-state index contributed by atoms with van der Waals surface area (Å²) < 4.78 is 37.5. The number of aliphatic hydroxyl groups excluding tert-OH is 1. The summed E-state index contributed by atoms with van der Waals surface area (Å²) in [7, 11) is 0. The second-order valence-electron chi connectivity index (χ2n) is 7.30. The van der Waals surface area contributed by atoms with Crippen molar-refractivity contribution in [1.29, 1.82) is 0 Å². The van der Waals surface area contributed by atoms with Crippen molar-refractivity contribution in [3.8, 4) is 11.1 Å². The fourth-order valence-electron chi connectivity index (χ4n) is 3.81. The number of aliphatic hydroxyl groups is 1. The molecule has 2 amide bonds. The highest BCUT2D eigenvalue weighted by Gasteiger charge is 2.38. The van der Waals surface area contributed by atoms with E-state index in [9.17, 15) is 27.9 Å². The molecule has 0 unspecified atom stereocenters. The summed E-state index contributed by atoms with van der Waals surface area (Å²) in [4.78, 5) is 28.0. The van der Waals surface area contributed by atoms with Crippen molar-refractivity contribution in [2.24, 2.45) is 0 Å². The van der Waals surface area contributed by atoms with Crippen molar-refractivity contribution < 1.29 is 27.9 Å². The highest BCUT2D eigenvalue weighted by molar-refractivity contribution is 6.45. The Morgan fingerprint density at radius 1 is 1.19 bits per heavy atom. The van der Waals surface area contributed by atoms with E-state index in [0.717, 1.165) is 16.6 Å². The van der Waals surface area contributed by atoms with E-state index in [-0.39, 0.29) is 17.3 Å². The van der Waals surface area contributed by atoms with Crippen molar-refractivity contribution in [3.63, 3.8) is 0 Å². The first-order valence-electron chi connectivity index (χ1n) is 9.48. The Labute approximate surface area is 189 Å². The molecule has 0 fully saturated rings. The molecule has 0 saturated carbocycles. The number of hydrogen-bond donors (Lipinski definition) is 3. The molecule has 0 radical (unpaired) electrons. The van der Waals surface area contributed by atoms with Crippen LogP contribution in [0.25, 0.3) is 22.0 Å². The van der Waals surface area contributed by atoms with Crippen molar-refractivity contribution in [2.75, 3.05) is 18.5 Å². The van der Waals surface area contributed by atoms with Crippen LogP contribution in [-0.2, 0) is 22.6 Å². The smallest absolute Gasteiger partial charge is 0.387 e. The van der Waals surface area contributed by atoms with Crippen molar-refractivity contribution >= 4 is 51.6 Å². The number of H-pyrrole nitrogens is 1. The van der Waals surface area contributed by atoms with Crippen LogP contribution in [0.3, 0.4) is 0 Å². The predicted molar refractivity (Wildman–Crippen MR) is 115 cm³/mol. The molecule has 2 aromatic carbocycles. The minimum absolute atomic E-state index is 0.0109. The molecule has 0 aliphatic carbocycles. The van der Waals surface area contributed by atoms with Crippen LogP contribution in [-0.4, -0.2) is 46.1 Å². The van der Waals surface area contributed by atoms with E-state index in [2.05, 4.69) is 4.98 Å². The van der Waals surface area contributed by atoms with Crippen LogP contribution >= 0.6 is 23.2 Å². The SMILES string of the molecule is O=C(CO)N1CCc2[nH]c3c(Cl)c(Cl)cc(-c4ccc(NC(=O)C(F)(F)F)cc4)c3c2C1. The molecule has 1 aliphatic heterocycles. The Morgan fingerprint density at radius 3 is 2.50 bits per heavy atom. The number of rotatable bonds is 3. The van der Waals surface area contributed by atoms with Crippen LogP contribution in [0.4, 0.5) is 18.9 Å². The lowest BCUT2D eigenvalue weighted by Gasteiger charge is -2.27. The van der Waals surface area contributed by atoms with Gasteiger partial charge in [-0.3, -0.25) is 9.59 Å². The van der Waals surface area contributed by atoms with Crippen LogP contribution < -0.4 is 5.32 Å². The molecule has 0 saturated heterocycles. The fourth-order valence-corrected chi connectivity index (χ4v) is 4.21. The molecule has 32 heavy (non-hydrogen) atoms. The van der Waals surface area contributed by atoms with E-state index in [1.54, 1.807) is 23.5 Å². The van der Waals surface area contributed by atoms with Crippen molar-refractivity contribution in [2.45, 2.75) is 19.1 Å². The van der Waals surface area contributed by atoms with Gasteiger partial charge in [-0.2, -0.15) is 13.2 Å². The average Bonchev–Trinajstić information content (AvgIpc) is 3.14. The Hall–Kier alpha value is -2.75. The summed E-state index contributed by atoms with van der Waals surface area (Å²) in [6.45, 7) is 0.106. The summed E-state index contributed by atoms with van der Waals surface area (Å²) in [5.74, 6) is -2.45. The summed E-state index contributed by atoms with van der Waals surface area (Å²) >= 11 is 12.7. The van der Waals surface area contributed by atoms with Gasteiger partial charge >= 0.3 is 12.1 Å². The molecule has 0 bridgehead atoms. The van der Waals surface area contributed by atoms with E-state index in [4.69, 9.17) is 23.2 Å². The molecular weight excluding hydrogens is 470 g/mol. The highest BCUT2D eigenvalue weighted by Crippen LogP contribution is 2.42. The molecule has 2 heterocycles. The van der Waals surface area contributed by atoms with Crippen LogP contribution in [0.15, 0.2) is 30.3 Å². The summed E-state index contributed by atoms with van der Waals surface area (Å²) in [6.07, 6.45) is -4.46. The number of carbonyl (C=O) groups excluding carboxylic acids is 2. The molecule has 0 spiro atoms. The van der Waals surface area contributed by atoms with Gasteiger partial charge in [-0.25, -0.2) is 0 Å². The standard InChI is InChI=1S/C21H16Cl2F3N3O3/c22-14-7-12(10-1-3-11(4-2-10)27-20(32)21(24,25)26)17-13-8-29(16(31)9-30)6-5-15(13)28-19(17)18(14)23/h1-4,7,28,30H,5-6,8-9H2,(H,27,32). The number of aromatic nitrogens is 1. The normalized spacial score (nSPS) is 13.9. The number of anilines is 1. The Bertz CT molecular complexity index is 1220. The van der Waals surface area contributed by atoms with E-state index in [1.807, 2.05) is 0 Å². The third-order valence-corrected chi connectivity index (χ3v) is 6.13. The molecule has 168 valence electrons. The number of amides is 2. The number of nitrogens with zero attached hydrogens (tertiary/aromatic N) is 1. The molecule has 4 rings (SSSR count). The van der Waals surface area contributed by atoms with E-state index < -0.39 is 24.6 Å². The van der Waals surface area contributed by atoms with Crippen LogP contribution in [0, 0.1) is 0 Å². The monoisotopic (exact) mass is 485 g/mol. The zero-order valence-corrected chi connectivity index (χ0v) is 17.8. The lowest BCUT2D eigenvalue weighted by atomic mass is 9.96. The molecule has 6 nitrogen and oxygen atoms in total. The number of hydrogen-bond acceptors (Lipinski definition) is 3. The molecule has 1 aromatic heterocycles. The van der Waals surface area contributed by atoms with Crippen molar-refractivity contribution in [3.05, 3.63) is 51.6 Å². The maximum Gasteiger partial charge on any atom is 0.471 e. The van der Waals surface area contributed by atoms with E-state index in [1.165, 1.54) is 17.0 Å². The second kappa shape index (κ2) is 8.31. The van der Waals surface area contributed by atoms with Gasteiger partial charge in [-0.1, -0.05) is 35.3 Å². The molecule has 0 atom stereocenters. The minimum Gasteiger partial charge on any atom is -0.387 e. The van der Waals surface area contributed by atoms with Gasteiger partial charge in [0.2, 0.25) is 5.91 Å². The number of carbonyl (C=O) groups is 2. The van der Waals surface area contributed by atoms with Crippen molar-refractivity contribution in [1.82, 2.24) is 9.88 Å². The van der Waals surface area contributed by atoms with Gasteiger partial charge in [0.1, 0.15) is 6.61 Å². The first-order chi connectivity index (χ1) is 15.1. The average molecular weight is 486 g/mol. The highest BCUT2D eigenvalue weighted by atomic mass is 35.5. The van der Waals surface area contributed by atoms with Crippen LogP contribution in [0.5, 0.6) is 0 Å². The number of fused-ring (bicyclic) bond motifs is 3. The zero-order chi connectivity index (χ0) is 23.2.